The first-order valence-electron chi connectivity index (χ1n) is 6.23. The molecule has 1 atom stereocenters. The van der Waals surface area contributed by atoms with Crippen LogP contribution in [-0.4, -0.2) is 14.2 Å². The van der Waals surface area contributed by atoms with Gasteiger partial charge in [0, 0.05) is 11.6 Å². The fraction of sp³-hybridized carbons (Fsp3) is 0.200. The van der Waals surface area contributed by atoms with Crippen molar-refractivity contribution in [2.24, 2.45) is 5.84 Å². The van der Waals surface area contributed by atoms with E-state index in [1.165, 1.54) is 6.07 Å². The monoisotopic (exact) mass is 354 g/mol. The minimum atomic E-state index is -0.331. The van der Waals surface area contributed by atoms with Crippen molar-refractivity contribution in [3.05, 3.63) is 57.8 Å². The Morgan fingerprint density at radius 1 is 1.14 bits per heavy atom. The maximum atomic E-state index is 13.4. The lowest BCUT2D eigenvalue weighted by Crippen LogP contribution is -2.29. The first kappa shape index (κ1) is 15.8. The summed E-state index contributed by atoms with van der Waals surface area (Å²) in [5.41, 5.74) is 4.38. The third-order valence-electron chi connectivity index (χ3n) is 3.20. The molecule has 0 radical (unpaired) electrons. The predicted octanol–water partition coefficient (Wildman–Crippen LogP) is 3.16. The van der Waals surface area contributed by atoms with Gasteiger partial charge in [-0.1, -0.05) is 6.07 Å². The molecule has 0 saturated carbocycles. The summed E-state index contributed by atoms with van der Waals surface area (Å²) in [6, 6.07) is 9.87. The Labute approximate surface area is 131 Å². The van der Waals surface area contributed by atoms with Crippen LogP contribution in [0.2, 0.25) is 0 Å². The van der Waals surface area contributed by atoms with Gasteiger partial charge in [-0.15, -0.1) is 0 Å². The molecule has 0 amide bonds. The number of benzene rings is 2. The van der Waals surface area contributed by atoms with Crippen molar-refractivity contribution in [2.45, 2.75) is 6.04 Å². The summed E-state index contributed by atoms with van der Waals surface area (Å²) in [6.45, 7) is 0. The van der Waals surface area contributed by atoms with E-state index in [4.69, 9.17) is 15.3 Å². The Bertz CT molecular complexity index is 637. The fourth-order valence-corrected chi connectivity index (χ4v) is 2.51. The average Bonchev–Trinajstić information content (AvgIpc) is 2.51. The van der Waals surface area contributed by atoms with E-state index >= 15 is 0 Å². The van der Waals surface area contributed by atoms with Gasteiger partial charge < -0.3 is 9.47 Å². The molecule has 112 valence electrons. The van der Waals surface area contributed by atoms with Crippen LogP contribution in [0.4, 0.5) is 4.39 Å². The smallest absolute Gasteiger partial charge is 0.137 e. The Hall–Kier alpha value is -1.63. The van der Waals surface area contributed by atoms with Gasteiger partial charge in [-0.2, -0.15) is 0 Å². The maximum absolute atomic E-state index is 13.4. The molecule has 3 N–H and O–H groups in total. The van der Waals surface area contributed by atoms with Crippen molar-refractivity contribution in [1.82, 2.24) is 5.43 Å². The van der Waals surface area contributed by atoms with E-state index in [2.05, 4.69) is 21.4 Å². The van der Waals surface area contributed by atoms with Crippen molar-refractivity contribution in [2.75, 3.05) is 14.2 Å². The van der Waals surface area contributed by atoms with Gasteiger partial charge in [-0.25, -0.2) is 9.82 Å². The number of hydrogen-bond acceptors (Lipinski definition) is 4. The second-order valence-electron chi connectivity index (χ2n) is 4.38. The number of hydrazine groups is 1. The summed E-state index contributed by atoms with van der Waals surface area (Å²) in [5.74, 6) is 6.67. The number of methoxy groups -OCH3 is 2. The molecule has 0 bridgehead atoms. The first-order valence-corrected chi connectivity index (χ1v) is 7.03. The van der Waals surface area contributed by atoms with Gasteiger partial charge in [0.1, 0.15) is 17.3 Å². The number of halogens is 2. The maximum Gasteiger partial charge on any atom is 0.137 e. The van der Waals surface area contributed by atoms with E-state index in [-0.39, 0.29) is 11.9 Å². The molecule has 0 heterocycles. The zero-order valence-electron chi connectivity index (χ0n) is 11.7. The summed E-state index contributed by atoms with van der Waals surface area (Å²) in [5, 5.41) is 0. The van der Waals surface area contributed by atoms with Crippen LogP contribution in [0.15, 0.2) is 40.9 Å². The van der Waals surface area contributed by atoms with E-state index in [0.29, 0.717) is 16.0 Å². The van der Waals surface area contributed by atoms with Crippen LogP contribution in [0.25, 0.3) is 0 Å². The Morgan fingerprint density at radius 2 is 1.90 bits per heavy atom. The molecular formula is C15H16BrFN2O2. The minimum Gasteiger partial charge on any atom is -0.497 e. The number of nitrogens with one attached hydrogen (secondary N) is 1. The lowest BCUT2D eigenvalue weighted by molar-refractivity contribution is 0.387. The quantitative estimate of drug-likeness (QED) is 0.639. The number of rotatable bonds is 5. The highest BCUT2D eigenvalue weighted by atomic mass is 79.9. The van der Waals surface area contributed by atoms with Crippen molar-refractivity contribution < 1.29 is 13.9 Å². The summed E-state index contributed by atoms with van der Waals surface area (Å²) >= 11 is 3.18. The lowest BCUT2D eigenvalue weighted by Gasteiger charge is -2.20. The molecule has 4 nitrogen and oxygen atoms in total. The van der Waals surface area contributed by atoms with Gasteiger partial charge >= 0.3 is 0 Å². The zero-order chi connectivity index (χ0) is 15.4. The molecule has 0 aromatic heterocycles. The fourth-order valence-electron chi connectivity index (χ4n) is 2.11. The van der Waals surface area contributed by atoms with Crippen molar-refractivity contribution in [1.29, 1.82) is 0 Å². The van der Waals surface area contributed by atoms with E-state index in [1.807, 2.05) is 12.1 Å². The normalized spacial score (nSPS) is 12.0. The molecule has 2 rings (SSSR count). The molecule has 21 heavy (non-hydrogen) atoms. The SMILES string of the molecule is COc1ccc(C(NN)c2ccc(F)c(Br)c2)c(OC)c1. The molecule has 2 aromatic carbocycles. The topological polar surface area (TPSA) is 56.5 Å². The summed E-state index contributed by atoms with van der Waals surface area (Å²) < 4.78 is 24.3. The van der Waals surface area contributed by atoms with Gasteiger partial charge in [0.15, 0.2) is 0 Å². The highest BCUT2D eigenvalue weighted by Gasteiger charge is 2.18. The van der Waals surface area contributed by atoms with E-state index < -0.39 is 0 Å². The number of nitrogens with two attached hydrogens (primary N) is 1. The van der Waals surface area contributed by atoms with E-state index in [0.717, 1.165) is 11.1 Å². The van der Waals surface area contributed by atoms with Gasteiger partial charge in [0.05, 0.1) is 24.7 Å². The molecule has 0 aliphatic heterocycles. The molecule has 0 fully saturated rings. The van der Waals surface area contributed by atoms with Crippen molar-refractivity contribution in [3.63, 3.8) is 0 Å². The third kappa shape index (κ3) is 3.34. The molecule has 0 saturated heterocycles. The Balaban J connectivity index is 2.47. The van der Waals surface area contributed by atoms with Crippen LogP contribution in [-0.2, 0) is 0 Å². The van der Waals surface area contributed by atoms with Crippen LogP contribution < -0.4 is 20.7 Å². The van der Waals surface area contributed by atoms with Crippen LogP contribution in [0.3, 0.4) is 0 Å². The highest BCUT2D eigenvalue weighted by molar-refractivity contribution is 9.10. The summed E-state index contributed by atoms with van der Waals surface area (Å²) in [6.07, 6.45) is 0. The Kier molecular flexibility index (Phi) is 5.17. The standard InChI is InChI=1S/C15H16BrFN2O2/c1-20-10-4-5-11(14(8-10)21-2)15(19-18)9-3-6-13(17)12(16)7-9/h3-8,15,19H,18H2,1-2H3. The highest BCUT2D eigenvalue weighted by Crippen LogP contribution is 2.33. The Morgan fingerprint density at radius 3 is 2.48 bits per heavy atom. The largest absolute Gasteiger partial charge is 0.497 e. The van der Waals surface area contributed by atoms with Crippen LogP contribution in [0.5, 0.6) is 11.5 Å². The van der Waals surface area contributed by atoms with Crippen LogP contribution in [0, 0.1) is 5.82 Å². The predicted molar refractivity (Wildman–Crippen MR) is 82.8 cm³/mol. The number of ether oxygens (including phenoxy) is 2. The molecule has 2 aromatic rings. The van der Waals surface area contributed by atoms with Gasteiger partial charge in [0.25, 0.3) is 0 Å². The summed E-state index contributed by atoms with van der Waals surface area (Å²) in [7, 11) is 3.16. The lowest BCUT2D eigenvalue weighted by atomic mass is 9.98. The van der Waals surface area contributed by atoms with Crippen molar-refractivity contribution >= 4 is 15.9 Å². The van der Waals surface area contributed by atoms with Gasteiger partial charge in [-0.05, 0) is 45.8 Å². The van der Waals surface area contributed by atoms with E-state index in [1.54, 1.807) is 32.4 Å². The molecule has 1 unspecified atom stereocenters. The molecule has 0 aliphatic carbocycles. The van der Waals surface area contributed by atoms with Crippen LogP contribution >= 0.6 is 15.9 Å². The number of hydrogen-bond donors (Lipinski definition) is 2. The van der Waals surface area contributed by atoms with Crippen LogP contribution in [0.1, 0.15) is 17.2 Å². The molecule has 6 heteroatoms. The molecule has 0 spiro atoms. The van der Waals surface area contributed by atoms with Gasteiger partial charge in [0.2, 0.25) is 0 Å². The minimum absolute atomic E-state index is 0.323. The first-order chi connectivity index (χ1) is 10.1. The molecule has 0 aliphatic rings. The van der Waals surface area contributed by atoms with Gasteiger partial charge in [-0.3, -0.25) is 5.84 Å². The summed E-state index contributed by atoms with van der Waals surface area (Å²) in [4.78, 5) is 0. The van der Waals surface area contributed by atoms with Crippen molar-refractivity contribution in [3.8, 4) is 11.5 Å². The zero-order valence-corrected chi connectivity index (χ0v) is 13.3. The molecular weight excluding hydrogens is 339 g/mol. The third-order valence-corrected chi connectivity index (χ3v) is 3.80. The second kappa shape index (κ2) is 6.89. The average molecular weight is 355 g/mol. The second-order valence-corrected chi connectivity index (χ2v) is 5.24. The van der Waals surface area contributed by atoms with E-state index in [9.17, 15) is 4.39 Å².